The van der Waals surface area contributed by atoms with Crippen LogP contribution in [0.4, 0.5) is 18.0 Å². The van der Waals surface area contributed by atoms with E-state index < -0.39 is 51.6 Å². The molecular formula is C21H29F3N2O5S. The van der Waals surface area contributed by atoms with E-state index in [4.69, 9.17) is 9.47 Å². The van der Waals surface area contributed by atoms with E-state index in [-0.39, 0.29) is 24.3 Å². The van der Waals surface area contributed by atoms with Gasteiger partial charge in [0, 0.05) is 17.6 Å². The van der Waals surface area contributed by atoms with Crippen molar-refractivity contribution in [2.75, 3.05) is 20.0 Å². The molecule has 180 valence electrons. The van der Waals surface area contributed by atoms with E-state index in [1.807, 2.05) is 0 Å². The number of rotatable bonds is 6. The first-order valence-corrected chi connectivity index (χ1v) is 12.5. The highest BCUT2D eigenvalue weighted by atomic mass is 32.2. The molecule has 11 heteroatoms. The number of nitrogens with zero attached hydrogens (tertiary/aromatic N) is 1. The monoisotopic (exact) mass is 478 g/mol. The number of methoxy groups -OCH3 is 1. The highest BCUT2D eigenvalue weighted by molar-refractivity contribution is 7.88. The summed E-state index contributed by atoms with van der Waals surface area (Å²) in [7, 11) is -2.24. The molecule has 3 rings (SSSR count). The number of likely N-dealkylation sites (tertiary alicyclic amines) is 1. The third-order valence-electron chi connectivity index (χ3n) is 6.31. The second kappa shape index (κ2) is 9.96. The number of nitrogens with one attached hydrogen (secondary N) is 1. The Morgan fingerprint density at radius 3 is 2.38 bits per heavy atom. The SMILES string of the molecule is COC(=O)N1[C@H](C)C[C@H](NS(C)(=O)=O)[C@@H]1COC1CCC(c2c(F)ccc(F)c2F)CC1. The van der Waals surface area contributed by atoms with E-state index in [2.05, 4.69) is 4.72 Å². The smallest absolute Gasteiger partial charge is 0.410 e. The van der Waals surface area contributed by atoms with E-state index >= 15 is 0 Å². The van der Waals surface area contributed by atoms with Crippen molar-refractivity contribution in [2.45, 2.75) is 69.2 Å². The molecule has 1 aromatic rings. The van der Waals surface area contributed by atoms with Crippen molar-refractivity contribution in [3.8, 4) is 0 Å². The third kappa shape index (κ3) is 5.55. The fourth-order valence-electron chi connectivity index (χ4n) is 4.85. The Labute approximate surface area is 186 Å². The average Bonchev–Trinajstić information content (AvgIpc) is 3.02. The van der Waals surface area contributed by atoms with Crippen LogP contribution in [0.3, 0.4) is 0 Å². The van der Waals surface area contributed by atoms with E-state index in [0.717, 1.165) is 18.4 Å². The van der Waals surface area contributed by atoms with Crippen molar-refractivity contribution in [3.05, 3.63) is 35.1 Å². The molecule has 0 aromatic heterocycles. The molecule has 2 aliphatic rings. The maximum absolute atomic E-state index is 14.1. The summed E-state index contributed by atoms with van der Waals surface area (Å²) in [5.74, 6) is -3.40. The molecule has 1 N–H and O–H groups in total. The van der Waals surface area contributed by atoms with Crippen LogP contribution in [0.1, 0.15) is 50.5 Å². The molecule has 0 unspecified atom stereocenters. The molecule has 7 nitrogen and oxygen atoms in total. The number of hydrogen-bond donors (Lipinski definition) is 1. The number of carbonyl (C=O) groups excluding carboxylic acids is 1. The zero-order valence-corrected chi connectivity index (χ0v) is 19.1. The van der Waals surface area contributed by atoms with Crippen molar-refractivity contribution in [2.24, 2.45) is 0 Å². The normalized spacial score (nSPS) is 28.7. The lowest BCUT2D eigenvalue weighted by Gasteiger charge is -2.33. The Balaban J connectivity index is 1.64. The first-order chi connectivity index (χ1) is 15.0. The molecule has 2 fully saturated rings. The molecule has 1 saturated carbocycles. The predicted octanol–water partition coefficient (Wildman–Crippen LogP) is 3.29. The molecule has 1 aliphatic carbocycles. The van der Waals surface area contributed by atoms with Crippen LogP contribution in [0.15, 0.2) is 12.1 Å². The van der Waals surface area contributed by atoms with Crippen LogP contribution in [-0.2, 0) is 19.5 Å². The van der Waals surface area contributed by atoms with Gasteiger partial charge in [0.25, 0.3) is 0 Å². The fourth-order valence-corrected chi connectivity index (χ4v) is 5.65. The summed E-state index contributed by atoms with van der Waals surface area (Å²) >= 11 is 0. The Bertz CT molecular complexity index is 938. The second-order valence-electron chi connectivity index (χ2n) is 8.59. The molecular weight excluding hydrogens is 449 g/mol. The quantitative estimate of drug-likeness (QED) is 0.635. The summed E-state index contributed by atoms with van der Waals surface area (Å²) < 4.78 is 78.7. The average molecular weight is 479 g/mol. The lowest BCUT2D eigenvalue weighted by Crippen LogP contribution is -2.50. The van der Waals surface area contributed by atoms with Crippen LogP contribution in [-0.4, -0.2) is 63.6 Å². The summed E-state index contributed by atoms with van der Waals surface area (Å²) in [6, 6.07) is 0.395. The van der Waals surface area contributed by atoms with Crippen LogP contribution in [0.5, 0.6) is 0 Å². The summed E-state index contributed by atoms with van der Waals surface area (Å²) in [4.78, 5) is 13.7. The Morgan fingerprint density at radius 2 is 1.78 bits per heavy atom. The zero-order chi connectivity index (χ0) is 23.6. The first kappa shape index (κ1) is 24.8. The van der Waals surface area contributed by atoms with Crippen molar-refractivity contribution in [3.63, 3.8) is 0 Å². The molecule has 1 aromatic carbocycles. The Morgan fingerprint density at radius 1 is 1.16 bits per heavy atom. The molecule has 1 saturated heterocycles. The molecule has 0 bridgehead atoms. The molecule has 1 heterocycles. The van der Waals surface area contributed by atoms with Gasteiger partial charge in [0.2, 0.25) is 10.0 Å². The lowest BCUT2D eigenvalue weighted by atomic mass is 9.82. The number of sulfonamides is 1. The highest BCUT2D eigenvalue weighted by Crippen LogP contribution is 2.37. The lowest BCUT2D eigenvalue weighted by molar-refractivity contribution is -0.00887. The van der Waals surface area contributed by atoms with Gasteiger partial charge in [-0.15, -0.1) is 0 Å². The minimum Gasteiger partial charge on any atom is -0.453 e. The van der Waals surface area contributed by atoms with Crippen LogP contribution < -0.4 is 4.72 Å². The topological polar surface area (TPSA) is 84.9 Å². The van der Waals surface area contributed by atoms with E-state index in [1.165, 1.54) is 12.0 Å². The van der Waals surface area contributed by atoms with Crippen LogP contribution in [0.2, 0.25) is 0 Å². The van der Waals surface area contributed by atoms with Gasteiger partial charge in [0.1, 0.15) is 5.82 Å². The summed E-state index contributed by atoms with van der Waals surface area (Å²) in [6.45, 7) is 1.89. The van der Waals surface area contributed by atoms with Crippen LogP contribution >= 0.6 is 0 Å². The van der Waals surface area contributed by atoms with Gasteiger partial charge in [-0.05, 0) is 57.1 Å². The number of benzene rings is 1. The number of ether oxygens (including phenoxy) is 2. The molecule has 0 spiro atoms. The minimum absolute atomic E-state index is 0.0879. The van der Waals surface area contributed by atoms with Crippen LogP contribution in [0, 0.1) is 17.5 Å². The van der Waals surface area contributed by atoms with Gasteiger partial charge in [0.05, 0.1) is 32.1 Å². The van der Waals surface area contributed by atoms with Gasteiger partial charge >= 0.3 is 6.09 Å². The maximum Gasteiger partial charge on any atom is 0.410 e. The minimum atomic E-state index is -3.50. The number of halogens is 3. The largest absolute Gasteiger partial charge is 0.453 e. The van der Waals surface area contributed by atoms with Crippen molar-refractivity contribution in [1.82, 2.24) is 9.62 Å². The van der Waals surface area contributed by atoms with Crippen molar-refractivity contribution in [1.29, 1.82) is 0 Å². The van der Waals surface area contributed by atoms with Crippen molar-refractivity contribution >= 4 is 16.1 Å². The van der Waals surface area contributed by atoms with Gasteiger partial charge in [-0.1, -0.05) is 0 Å². The van der Waals surface area contributed by atoms with Gasteiger partial charge < -0.3 is 9.47 Å². The molecule has 32 heavy (non-hydrogen) atoms. The van der Waals surface area contributed by atoms with Gasteiger partial charge in [0.15, 0.2) is 11.6 Å². The van der Waals surface area contributed by atoms with Gasteiger partial charge in [-0.2, -0.15) is 0 Å². The summed E-state index contributed by atoms with van der Waals surface area (Å²) in [5, 5.41) is 0. The zero-order valence-electron chi connectivity index (χ0n) is 18.3. The van der Waals surface area contributed by atoms with Crippen LogP contribution in [0.25, 0.3) is 0 Å². The fraction of sp³-hybridized carbons (Fsp3) is 0.667. The van der Waals surface area contributed by atoms with Gasteiger partial charge in [-0.25, -0.2) is 31.1 Å². The maximum atomic E-state index is 14.1. The van der Waals surface area contributed by atoms with E-state index in [0.29, 0.717) is 32.1 Å². The summed E-state index contributed by atoms with van der Waals surface area (Å²) in [6.07, 6.45) is 2.55. The Kier molecular flexibility index (Phi) is 7.72. The van der Waals surface area contributed by atoms with Crippen molar-refractivity contribution < 1.29 is 35.9 Å². The number of amides is 1. The number of carbonyl (C=O) groups is 1. The molecule has 1 amide bonds. The standard InChI is InChI=1S/C21H29F3N2O5S/c1-12-10-17(25-32(3,28)29)18(26(12)21(27)30-2)11-31-14-6-4-13(5-7-14)19-15(22)8-9-16(23)20(19)24/h8-9,12-14,17-18,25H,4-7,10-11H2,1-3H3/t12-,13?,14?,17+,18+/m1/s1. The van der Waals surface area contributed by atoms with E-state index in [1.54, 1.807) is 6.92 Å². The Hall–Kier alpha value is -1.85. The molecule has 0 radical (unpaired) electrons. The molecule has 1 aliphatic heterocycles. The molecule has 3 atom stereocenters. The third-order valence-corrected chi connectivity index (χ3v) is 7.04. The summed E-state index contributed by atoms with van der Waals surface area (Å²) in [5.41, 5.74) is -0.220. The predicted molar refractivity (Wildman–Crippen MR) is 111 cm³/mol. The number of hydrogen-bond acceptors (Lipinski definition) is 5. The van der Waals surface area contributed by atoms with E-state index in [9.17, 15) is 26.4 Å². The highest BCUT2D eigenvalue weighted by Gasteiger charge is 2.44. The first-order valence-electron chi connectivity index (χ1n) is 10.6. The second-order valence-corrected chi connectivity index (χ2v) is 10.4. The van der Waals surface area contributed by atoms with Gasteiger partial charge in [-0.3, -0.25) is 4.90 Å².